The van der Waals surface area contributed by atoms with Gasteiger partial charge in [0, 0.05) is 11.9 Å². The van der Waals surface area contributed by atoms with Crippen LogP contribution in [0.5, 0.6) is 11.5 Å². The molecule has 1 aromatic heterocycles. The lowest BCUT2D eigenvalue weighted by molar-refractivity contribution is 0.173. The van der Waals surface area contributed by atoms with Gasteiger partial charge < -0.3 is 18.9 Å². The van der Waals surface area contributed by atoms with E-state index in [9.17, 15) is 0 Å². The molecule has 4 aromatic rings. The van der Waals surface area contributed by atoms with E-state index in [0.717, 1.165) is 78.9 Å². The highest BCUT2D eigenvalue weighted by molar-refractivity contribution is 5.80. The molecule has 5 heteroatoms. The molecule has 1 aliphatic heterocycles. The average molecular weight is 485 g/mol. The van der Waals surface area contributed by atoms with Gasteiger partial charge in [0.15, 0.2) is 17.1 Å². The molecule has 2 unspecified atom stereocenters. The Morgan fingerprint density at radius 3 is 2.64 bits per heavy atom. The van der Waals surface area contributed by atoms with Crippen LogP contribution in [0.1, 0.15) is 62.7 Å². The minimum absolute atomic E-state index is 0.135. The van der Waals surface area contributed by atoms with Gasteiger partial charge in [-0.2, -0.15) is 0 Å². The van der Waals surface area contributed by atoms with E-state index in [1.165, 1.54) is 12.0 Å². The summed E-state index contributed by atoms with van der Waals surface area (Å²) in [5.41, 5.74) is 4.25. The Hall–Kier alpha value is -3.47. The minimum atomic E-state index is 0.135. The molecule has 0 spiro atoms. The summed E-state index contributed by atoms with van der Waals surface area (Å²) in [7, 11) is 1.74. The first-order valence-corrected chi connectivity index (χ1v) is 13.3. The van der Waals surface area contributed by atoms with Gasteiger partial charge in [-0.3, -0.25) is 0 Å². The average Bonchev–Trinajstić information content (AvgIpc) is 3.36. The summed E-state index contributed by atoms with van der Waals surface area (Å²) in [4.78, 5) is 2.43. The van der Waals surface area contributed by atoms with Crippen LogP contribution in [0.2, 0.25) is 0 Å². The molecule has 0 radical (unpaired) electrons. The van der Waals surface area contributed by atoms with Crippen LogP contribution in [0, 0.1) is 0 Å². The number of aromatic nitrogens is 1. The maximum Gasteiger partial charge on any atom is 0.184 e. The Bertz CT molecular complexity index is 1250. The number of anilines is 1. The van der Waals surface area contributed by atoms with Gasteiger partial charge >= 0.3 is 0 Å². The molecule has 3 aromatic carbocycles. The molecule has 1 fully saturated rings. The van der Waals surface area contributed by atoms with E-state index in [4.69, 9.17) is 14.0 Å². The molecule has 188 valence electrons. The van der Waals surface area contributed by atoms with Gasteiger partial charge in [-0.15, -0.1) is 0 Å². The smallest absolute Gasteiger partial charge is 0.184 e. The highest BCUT2D eigenvalue weighted by atomic mass is 16.5. The summed E-state index contributed by atoms with van der Waals surface area (Å²) in [6.45, 7) is 3.16. The second kappa shape index (κ2) is 11.5. The summed E-state index contributed by atoms with van der Waals surface area (Å²) in [6.07, 6.45) is 7.53. The van der Waals surface area contributed by atoms with Crippen LogP contribution in [0.4, 0.5) is 5.69 Å². The van der Waals surface area contributed by atoms with E-state index in [1.807, 2.05) is 18.2 Å². The summed E-state index contributed by atoms with van der Waals surface area (Å²) >= 11 is 0. The predicted octanol–water partition coefficient (Wildman–Crippen LogP) is 7.75. The zero-order valence-corrected chi connectivity index (χ0v) is 21.4. The van der Waals surface area contributed by atoms with Crippen molar-refractivity contribution in [3.05, 3.63) is 84.1 Å². The molecule has 0 saturated carbocycles. The first kappa shape index (κ1) is 24.2. The SMILES string of the molecule is CCCC(CCc1ccccc1)Oc1cccc(N2CCCCC2c2noc3ccccc23)c1OC. The van der Waals surface area contributed by atoms with E-state index in [2.05, 4.69) is 71.6 Å². The van der Waals surface area contributed by atoms with E-state index in [-0.39, 0.29) is 12.1 Å². The number of benzene rings is 3. The quantitative estimate of drug-likeness (QED) is 0.230. The molecule has 0 bridgehead atoms. The molecule has 2 heterocycles. The van der Waals surface area contributed by atoms with E-state index in [1.54, 1.807) is 7.11 Å². The van der Waals surface area contributed by atoms with Gasteiger partial charge in [-0.1, -0.05) is 67.0 Å². The molecular weight excluding hydrogens is 448 g/mol. The van der Waals surface area contributed by atoms with Crippen LogP contribution in [0.25, 0.3) is 11.0 Å². The summed E-state index contributed by atoms with van der Waals surface area (Å²) < 4.78 is 18.3. The molecule has 0 aliphatic carbocycles. The largest absolute Gasteiger partial charge is 0.491 e. The number of piperidine rings is 1. The monoisotopic (exact) mass is 484 g/mol. The van der Waals surface area contributed by atoms with Crippen LogP contribution in [0.15, 0.2) is 77.3 Å². The summed E-state index contributed by atoms with van der Waals surface area (Å²) in [6, 6.07) is 25.2. The van der Waals surface area contributed by atoms with Crippen molar-refractivity contribution in [2.24, 2.45) is 0 Å². The van der Waals surface area contributed by atoms with Crippen LogP contribution >= 0.6 is 0 Å². The number of para-hydroxylation sites is 2. The fourth-order valence-electron chi connectivity index (χ4n) is 5.41. The van der Waals surface area contributed by atoms with Gasteiger partial charge in [-0.05, 0) is 68.4 Å². The Kier molecular flexibility index (Phi) is 7.75. The van der Waals surface area contributed by atoms with Crippen LogP contribution in [-0.2, 0) is 6.42 Å². The Labute approximate surface area is 214 Å². The van der Waals surface area contributed by atoms with Crippen molar-refractivity contribution in [3.63, 3.8) is 0 Å². The highest BCUT2D eigenvalue weighted by Gasteiger charge is 2.31. The third-order valence-corrected chi connectivity index (χ3v) is 7.20. The molecule has 36 heavy (non-hydrogen) atoms. The fourth-order valence-corrected chi connectivity index (χ4v) is 5.41. The number of methoxy groups -OCH3 is 1. The van der Waals surface area contributed by atoms with Crippen LogP contribution in [0.3, 0.4) is 0 Å². The zero-order valence-electron chi connectivity index (χ0n) is 21.4. The van der Waals surface area contributed by atoms with Crippen molar-refractivity contribution < 1.29 is 14.0 Å². The molecule has 1 saturated heterocycles. The van der Waals surface area contributed by atoms with Gasteiger partial charge in [0.05, 0.1) is 24.9 Å². The lowest BCUT2D eigenvalue weighted by Gasteiger charge is -2.37. The number of aryl methyl sites for hydroxylation is 1. The lowest BCUT2D eigenvalue weighted by Crippen LogP contribution is -2.34. The number of nitrogens with zero attached hydrogens (tertiary/aromatic N) is 2. The molecule has 2 atom stereocenters. The summed E-state index contributed by atoms with van der Waals surface area (Å²) in [5, 5.41) is 5.60. The van der Waals surface area contributed by atoms with Gasteiger partial charge in [-0.25, -0.2) is 0 Å². The highest BCUT2D eigenvalue weighted by Crippen LogP contribution is 2.45. The fraction of sp³-hybridized carbons (Fsp3) is 0.387. The van der Waals surface area contributed by atoms with Gasteiger partial charge in [0.25, 0.3) is 0 Å². The molecule has 5 nitrogen and oxygen atoms in total. The maximum absolute atomic E-state index is 6.64. The van der Waals surface area contributed by atoms with Crippen molar-refractivity contribution in [1.82, 2.24) is 5.16 Å². The molecule has 1 aliphatic rings. The van der Waals surface area contributed by atoms with Crippen molar-refractivity contribution in [3.8, 4) is 11.5 Å². The Morgan fingerprint density at radius 1 is 0.972 bits per heavy atom. The number of fused-ring (bicyclic) bond motifs is 1. The van der Waals surface area contributed by atoms with E-state index >= 15 is 0 Å². The Balaban J connectivity index is 1.42. The standard InChI is InChI=1S/C31H36N2O3/c1-3-12-24(21-20-23-13-5-4-6-14-23)35-29-19-11-17-27(31(29)34-2)33-22-10-9-16-26(33)30-25-15-7-8-18-28(25)36-32-30/h4-8,11,13-15,17-19,24,26H,3,9-10,12,16,20-22H2,1-2H3. The first-order valence-electron chi connectivity index (χ1n) is 13.3. The Morgan fingerprint density at radius 2 is 1.81 bits per heavy atom. The van der Waals surface area contributed by atoms with E-state index < -0.39 is 0 Å². The normalized spacial score (nSPS) is 16.7. The third-order valence-electron chi connectivity index (χ3n) is 7.20. The molecular formula is C31H36N2O3. The van der Waals surface area contributed by atoms with Gasteiger partial charge in [0.2, 0.25) is 0 Å². The molecule has 0 amide bonds. The van der Waals surface area contributed by atoms with Crippen LogP contribution in [-0.4, -0.2) is 24.9 Å². The van der Waals surface area contributed by atoms with Crippen molar-refractivity contribution in [1.29, 1.82) is 0 Å². The first-order chi connectivity index (χ1) is 17.8. The maximum atomic E-state index is 6.64. The second-order valence-electron chi connectivity index (χ2n) is 9.63. The minimum Gasteiger partial charge on any atom is -0.491 e. The molecule has 5 rings (SSSR count). The number of hydrogen-bond acceptors (Lipinski definition) is 5. The lowest BCUT2D eigenvalue weighted by atomic mass is 9.96. The second-order valence-corrected chi connectivity index (χ2v) is 9.63. The number of ether oxygens (including phenoxy) is 2. The predicted molar refractivity (Wildman–Crippen MR) is 145 cm³/mol. The zero-order chi connectivity index (χ0) is 24.7. The van der Waals surface area contributed by atoms with Gasteiger partial charge in [0.1, 0.15) is 5.69 Å². The van der Waals surface area contributed by atoms with Crippen molar-refractivity contribution in [2.75, 3.05) is 18.6 Å². The van der Waals surface area contributed by atoms with E-state index in [0.29, 0.717) is 0 Å². The number of hydrogen-bond donors (Lipinski definition) is 0. The van der Waals surface area contributed by atoms with Crippen molar-refractivity contribution >= 4 is 16.7 Å². The molecule has 0 N–H and O–H groups in total. The number of rotatable bonds is 10. The topological polar surface area (TPSA) is 47.7 Å². The van der Waals surface area contributed by atoms with Crippen molar-refractivity contribution in [2.45, 2.75) is 64.0 Å². The third kappa shape index (κ3) is 5.20. The van der Waals surface area contributed by atoms with Crippen LogP contribution < -0.4 is 14.4 Å². The summed E-state index contributed by atoms with van der Waals surface area (Å²) in [5.74, 6) is 1.62.